The largest absolute Gasteiger partial charge is 0.492 e. The van der Waals surface area contributed by atoms with Crippen LogP contribution < -0.4 is 10.1 Å². The van der Waals surface area contributed by atoms with E-state index in [0.29, 0.717) is 57.5 Å². The molecule has 8 heteroatoms. The number of carboxylic acid groups (broad SMARTS) is 1. The van der Waals surface area contributed by atoms with Crippen molar-refractivity contribution in [2.24, 2.45) is 5.92 Å². The van der Waals surface area contributed by atoms with Gasteiger partial charge in [0.25, 0.3) is 0 Å². The lowest BCUT2D eigenvalue weighted by atomic mass is 10.1. The molecule has 0 aliphatic carbocycles. The van der Waals surface area contributed by atoms with Gasteiger partial charge in [0.05, 0.1) is 13.2 Å². The van der Waals surface area contributed by atoms with Gasteiger partial charge in [-0.05, 0) is 37.0 Å². The Balaban J connectivity index is 2.54. The molecule has 0 saturated carbocycles. The van der Waals surface area contributed by atoms with Gasteiger partial charge in [0.1, 0.15) is 12.4 Å². The van der Waals surface area contributed by atoms with Crippen LogP contribution in [0.1, 0.15) is 32.8 Å². The molecule has 0 saturated heterocycles. The van der Waals surface area contributed by atoms with Crippen LogP contribution >= 0.6 is 0 Å². The molecular weight excluding hydrogens is 388 g/mol. The van der Waals surface area contributed by atoms with E-state index < -0.39 is 12.1 Å². The summed E-state index contributed by atoms with van der Waals surface area (Å²) in [6, 6.07) is 7.15. The second-order valence-corrected chi connectivity index (χ2v) is 7.37. The first-order valence-electron chi connectivity index (χ1n) is 10.4. The van der Waals surface area contributed by atoms with Crippen molar-refractivity contribution in [1.29, 1.82) is 0 Å². The zero-order valence-corrected chi connectivity index (χ0v) is 18.6. The van der Waals surface area contributed by atoms with Crippen LogP contribution in [-0.2, 0) is 20.7 Å². The van der Waals surface area contributed by atoms with Crippen molar-refractivity contribution in [3.63, 3.8) is 0 Å². The van der Waals surface area contributed by atoms with Gasteiger partial charge in [-0.25, -0.2) is 9.59 Å². The normalized spacial score (nSPS) is 11.9. The van der Waals surface area contributed by atoms with E-state index in [-0.39, 0.29) is 6.03 Å². The number of carbonyl (C=O) groups excluding carboxylic acids is 1. The highest BCUT2D eigenvalue weighted by atomic mass is 16.5. The number of carboxylic acids is 1. The van der Waals surface area contributed by atoms with E-state index in [2.05, 4.69) is 19.2 Å². The zero-order valence-electron chi connectivity index (χ0n) is 18.6. The van der Waals surface area contributed by atoms with Crippen LogP contribution in [0.4, 0.5) is 4.79 Å². The molecule has 1 aromatic rings. The molecular formula is C22H36N2O6. The van der Waals surface area contributed by atoms with Gasteiger partial charge in [-0.15, -0.1) is 0 Å². The maximum atomic E-state index is 12.4. The quantitative estimate of drug-likeness (QED) is 0.420. The summed E-state index contributed by atoms with van der Waals surface area (Å²) in [5.74, 6) is 0.201. The van der Waals surface area contributed by atoms with E-state index in [0.717, 1.165) is 12.0 Å². The first kappa shape index (κ1) is 25.7. The van der Waals surface area contributed by atoms with E-state index in [4.69, 9.17) is 14.2 Å². The third-order valence-electron chi connectivity index (χ3n) is 4.46. The molecule has 2 N–H and O–H groups in total. The Morgan fingerprint density at radius 1 is 1.13 bits per heavy atom. The van der Waals surface area contributed by atoms with Gasteiger partial charge in [0.15, 0.2) is 6.10 Å². The molecule has 170 valence electrons. The van der Waals surface area contributed by atoms with Crippen LogP contribution in [0.15, 0.2) is 24.3 Å². The number of methoxy groups -OCH3 is 1. The first-order valence-corrected chi connectivity index (χ1v) is 10.4. The standard InChI is InChI=1S/C22H36N2O6/c1-5-29-20(21(25)26)16-18-6-8-19(9-7-18)30-15-13-24(12-10-17(2)3)22(27)23-11-14-28-4/h6-9,17,20H,5,10-16H2,1-4H3,(H,23,27)(H,25,26). The monoisotopic (exact) mass is 424 g/mol. The van der Waals surface area contributed by atoms with Gasteiger partial charge in [0.2, 0.25) is 0 Å². The molecule has 0 fully saturated rings. The smallest absolute Gasteiger partial charge is 0.333 e. The van der Waals surface area contributed by atoms with E-state index in [1.54, 1.807) is 31.1 Å². The molecule has 0 radical (unpaired) electrons. The Kier molecular flexibility index (Phi) is 12.5. The molecule has 0 aromatic heterocycles. The van der Waals surface area contributed by atoms with E-state index in [9.17, 15) is 14.7 Å². The van der Waals surface area contributed by atoms with Gasteiger partial charge in [-0.1, -0.05) is 26.0 Å². The molecule has 0 bridgehead atoms. The number of ether oxygens (including phenoxy) is 3. The summed E-state index contributed by atoms with van der Waals surface area (Å²) >= 11 is 0. The van der Waals surface area contributed by atoms with Crippen LogP contribution in [0.2, 0.25) is 0 Å². The van der Waals surface area contributed by atoms with Crippen molar-refractivity contribution in [3.05, 3.63) is 29.8 Å². The van der Waals surface area contributed by atoms with Crippen LogP contribution in [0.3, 0.4) is 0 Å². The number of hydrogen-bond donors (Lipinski definition) is 2. The van der Waals surface area contributed by atoms with Gasteiger partial charge >= 0.3 is 12.0 Å². The predicted octanol–water partition coefficient (Wildman–Crippen LogP) is 2.80. The number of amides is 2. The Hall–Kier alpha value is -2.32. The summed E-state index contributed by atoms with van der Waals surface area (Å²) < 4.78 is 16.0. The number of urea groups is 1. The Bertz CT molecular complexity index is 621. The minimum Gasteiger partial charge on any atom is -0.492 e. The first-order chi connectivity index (χ1) is 14.4. The van der Waals surface area contributed by atoms with E-state index >= 15 is 0 Å². The lowest BCUT2D eigenvalue weighted by Gasteiger charge is -2.24. The lowest BCUT2D eigenvalue weighted by Crippen LogP contribution is -2.43. The summed E-state index contributed by atoms with van der Waals surface area (Å²) in [5.41, 5.74) is 0.860. The summed E-state index contributed by atoms with van der Waals surface area (Å²) in [5, 5.41) is 12.0. The third kappa shape index (κ3) is 10.5. The number of nitrogens with zero attached hydrogens (tertiary/aromatic N) is 1. The molecule has 0 spiro atoms. The third-order valence-corrected chi connectivity index (χ3v) is 4.46. The minimum atomic E-state index is -0.970. The van der Waals surface area contributed by atoms with Crippen molar-refractivity contribution >= 4 is 12.0 Å². The minimum absolute atomic E-state index is 0.123. The number of aliphatic carboxylic acids is 1. The maximum Gasteiger partial charge on any atom is 0.333 e. The number of hydrogen-bond acceptors (Lipinski definition) is 5. The van der Waals surface area contributed by atoms with Crippen molar-refractivity contribution in [3.8, 4) is 5.75 Å². The number of carbonyl (C=O) groups is 2. The molecule has 1 aromatic carbocycles. The Morgan fingerprint density at radius 2 is 1.83 bits per heavy atom. The highest BCUT2D eigenvalue weighted by Crippen LogP contribution is 2.15. The molecule has 0 aliphatic rings. The van der Waals surface area contributed by atoms with Gasteiger partial charge in [-0.2, -0.15) is 0 Å². The highest BCUT2D eigenvalue weighted by Gasteiger charge is 2.18. The van der Waals surface area contributed by atoms with Crippen LogP contribution in [0, 0.1) is 5.92 Å². The summed E-state index contributed by atoms with van der Waals surface area (Å²) in [4.78, 5) is 25.3. The molecule has 2 amide bonds. The van der Waals surface area contributed by atoms with Crippen LogP contribution in [0.25, 0.3) is 0 Å². The SMILES string of the molecule is CCOC(Cc1ccc(OCCN(CCC(C)C)C(=O)NCCOC)cc1)C(=O)O. The summed E-state index contributed by atoms with van der Waals surface area (Å²) in [6.07, 6.45) is 0.360. The topological polar surface area (TPSA) is 97.3 Å². The molecule has 1 rings (SSSR count). The molecule has 0 aliphatic heterocycles. The highest BCUT2D eigenvalue weighted by molar-refractivity contribution is 5.74. The van der Waals surface area contributed by atoms with Gasteiger partial charge < -0.3 is 29.5 Å². The van der Waals surface area contributed by atoms with Crippen molar-refractivity contribution in [2.45, 2.75) is 39.7 Å². The van der Waals surface area contributed by atoms with Crippen molar-refractivity contribution in [2.75, 3.05) is 46.6 Å². The fourth-order valence-corrected chi connectivity index (χ4v) is 2.73. The predicted molar refractivity (Wildman–Crippen MR) is 115 cm³/mol. The second-order valence-electron chi connectivity index (χ2n) is 7.37. The number of rotatable bonds is 15. The Labute approximate surface area is 179 Å². The average Bonchev–Trinajstić information content (AvgIpc) is 2.71. The fourth-order valence-electron chi connectivity index (χ4n) is 2.73. The zero-order chi connectivity index (χ0) is 22.4. The number of nitrogens with one attached hydrogen (secondary N) is 1. The molecule has 30 heavy (non-hydrogen) atoms. The molecule has 8 nitrogen and oxygen atoms in total. The molecule has 1 unspecified atom stereocenters. The van der Waals surface area contributed by atoms with Crippen LogP contribution in [0.5, 0.6) is 5.75 Å². The summed E-state index contributed by atoms with van der Waals surface area (Å²) in [6.45, 7) is 8.81. The maximum absolute atomic E-state index is 12.4. The van der Waals surface area contributed by atoms with Crippen molar-refractivity contribution < 1.29 is 28.9 Å². The fraction of sp³-hybridized carbons (Fsp3) is 0.636. The van der Waals surface area contributed by atoms with Gasteiger partial charge in [0, 0.05) is 33.2 Å². The summed E-state index contributed by atoms with van der Waals surface area (Å²) in [7, 11) is 1.60. The molecule has 0 heterocycles. The lowest BCUT2D eigenvalue weighted by molar-refractivity contribution is -0.149. The molecule has 1 atom stereocenters. The number of benzene rings is 1. The van der Waals surface area contributed by atoms with E-state index in [1.165, 1.54) is 0 Å². The second kappa shape index (κ2) is 14.6. The Morgan fingerprint density at radius 3 is 2.40 bits per heavy atom. The van der Waals surface area contributed by atoms with Gasteiger partial charge in [-0.3, -0.25) is 0 Å². The van der Waals surface area contributed by atoms with Crippen LogP contribution in [-0.4, -0.2) is 74.7 Å². The average molecular weight is 425 g/mol. The van der Waals surface area contributed by atoms with E-state index in [1.807, 2.05) is 12.1 Å². The van der Waals surface area contributed by atoms with Crippen molar-refractivity contribution in [1.82, 2.24) is 10.2 Å².